The lowest BCUT2D eigenvalue weighted by Crippen LogP contribution is -2.31. The highest BCUT2D eigenvalue weighted by molar-refractivity contribution is 6.06. The van der Waals surface area contributed by atoms with Crippen molar-refractivity contribution in [2.45, 2.75) is 19.8 Å². The normalized spacial score (nSPS) is 10.8. The molecule has 0 aliphatic carbocycles. The van der Waals surface area contributed by atoms with Gasteiger partial charge in [-0.05, 0) is 55.9 Å². The molecule has 0 aliphatic rings. The molecular weight excluding hydrogens is 326 g/mol. The second-order valence-electron chi connectivity index (χ2n) is 6.87. The van der Waals surface area contributed by atoms with Gasteiger partial charge in [-0.3, -0.25) is 9.59 Å². The van der Waals surface area contributed by atoms with Crippen LogP contribution in [0.4, 0.5) is 5.69 Å². The van der Waals surface area contributed by atoms with Gasteiger partial charge < -0.3 is 15.5 Å². The van der Waals surface area contributed by atoms with Crippen LogP contribution in [0.2, 0.25) is 0 Å². The Balaban J connectivity index is 2.01. The van der Waals surface area contributed by atoms with Crippen LogP contribution in [0, 0.1) is 0 Å². The van der Waals surface area contributed by atoms with Gasteiger partial charge in [0.1, 0.15) is 0 Å². The molecular formula is C21H27N3O2. The minimum Gasteiger partial charge on any atom is -0.351 e. The van der Waals surface area contributed by atoms with Crippen molar-refractivity contribution in [2.24, 2.45) is 0 Å². The van der Waals surface area contributed by atoms with Gasteiger partial charge in [0, 0.05) is 29.9 Å². The molecule has 0 saturated heterocycles. The van der Waals surface area contributed by atoms with Gasteiger partial charge in [-0.2, -0.15) is 0 Å². The second-order valence-corrected chi connectivity index (χ2v) is 6.87. The van der Waals surface area contributed by atoms with E-state index in [4.69, 9.17) is 0 Å². The summed E-state index contributed by atoms with van der Waals surface area (Å²) in [5.74, 6) is 0.0375. The Hall–Kier alpha value is -2.66. The maximum atomic E-state index is 12.5. The number of rotatable bonds is 7. The van der Waals surface area contributed by atoms with Crippen molar-refractivity contribution in [3.05, 3.63) is 65.2 Å². The molecule has 0 saturated carbocycles. The van der Waals surface area contributed by atoms with E-state index < -0.39 is 0 Å². The Bertz CT molecular complexity index is 752. The van der Waals surface area contributed by atoms with E-state index in [1.54, 1.807) is 24.3 Å². The van der Waals surface area contributed by atoms with E-state index in [9.17, 15) is 9.59 Å². The van der Waals surface area contributed by atoms with Crippen LogP contribution >= 0.6 is 0 Å². The smallest absolute Gasteiger partial charge is 0.255 e. The van der Waals surface area contributed by atoms with Gasteiger partial charge in [-0.15, -0.1) is 0 Å². The van der Waals surface area contributed by atoms with Gasteiger partial charge in [0.2, 0.25) is 0 Å². The van der Waals surface area contributed by atoms with Crippen molar-refractivity contribution >= 4 is 17.5 Å². The number of nitrogens with one attached hydrogen (secondary N) is 2. The van der Waals surface area contributed by atoms with Gasteiger partial charge in [0.15, 0.2) is 0 Å². The van der Waals surface area contributed by atoms with E-state index in [1.807, 2.05) is 43.3 Å². The van der Waals surface area contributed by atoms with Crippen LogP contribution in [0.15, 0.2) is 48.5 Å². The molecule has 0 bridgehead atoms. The van der Waals surface area contributed by atoms with Gasteiger partial charge in [0.25, 0.3) is 11.8 Å². The molecule has 2 N–H and O–H groups in total. The number of benzene rings is 2. The molecule has 2 amide bonds. The largest absolute Gasteiger partial charge is 0.351 e. The zero-order valence-electron chi connectivity index (χ0n) is 15.9. The summed E-state index contributed by atoms with van der Waals surface area (Å²) in [5, 5.41) is 5.72. The maximum absolute atomic E-state index is 12.5. The van der Waals surface area contributed by atoms with E-state index in [2.05, 4.69) is 24.5 Å². The van der Waals surface area contributed by atoms with Crippen molar-refractivity contribution in [1.82, 2.24) is 10.2 Å². The Morgan fingerprint density at radius 3 is 2.15 bits per heavy atom. The van der Waals surface area contributed by atoms with Crippen molar-refractivity contribution in [2.75, 3.05) is 32.5 Å². The number of amides is 2. The molecule has 2 rings (SSSR count). The summed E-state index contributed by atoms with van der Waals surface area (Å²) in [6, 6.07) is 14.5. The molecule has 0 heterocycles. The van der Waals surface area contributed by atoms with Gasteiger partial charge in [-0.25, -0.2) is 0 Å². The van der Waals surface area contributed by atoms with Crippen LogP contribution in [0.5, 0.6) is 0 Å². The molecule has 0 atom stereocenters. The topological polar surface area (TPSA) is 61.4 Å². The minimum absolute atomic E-state index is 0.178. The Morgan fingerprint density at radius 2 is 1.58 bits per heavy atom. The molecule has 0 spiro atoms. The average molecular weight is 353 g/mol. The van der Waals surface area contributed by atoms with Crippen molar-refractivity contribution in [1.29, 1.82) is 0 Å². The van der Waals surface area contributed by atoms with Crippen molar-refractivity contribution in [3.8, 4) is 0 Å². The Kier molecular flexibility index (Phi) is 6.92. The second kappa shape index (κ2) is 9.15. The number of likely N-dealkylation sites (N-methyl/N-ethyl adjacent to an activating group) is 1. The molecule has 2 aromatic rings. The first-order valence-corrected chi connectivity index (χ1v) is 8.81. The molecule has 0 aliphatic heterocycles. The Morgan fingerprint density at radius 1 is 0.962 bits per heavy atom. The van der Waals surface area contributed by atoms with Crippen LogP contribution in [0.25, 0.3) is 0 Å². The third-order valence-corrected chi connectivity index (χ3v) is 4.07. The van der Waals surface area contributed by atoms with Crippen molar-refractivity contribution < 1.29 is 9.59 Å². The minimum atomic E-state index is -0.231. The molecule has 0 fully saturated rings. The lowest BCUT2D eigenvalue weighted by atomic mass is 10.0. The first-order valence-electron chi connectivity index (χ1n) is 8.81. The van der Waals surface area contributed by atoms with Gasteiger partial charge in [0.05, 0.1) is 0 Å². The Labute approximate surface area is 155 Å². The summed E-state index contributed by atoms with van der Waals surface area (Å²) in [5.41, 5.74) is 2.89. The zero-order valence-corrected chi connectivity index (χ0v) is 15.9. The van der Waals surface area contributed by atoms with Crippen LogP contribution in [0.1, 0.15) is 46.0 Å². The SMILES string of the molecule is CC(C)c1ccc(NC(=O)c2cccc(C(=O)NCCN(C)C)c2)cc1. The number of hydrogen-bond acceptors (Lipinski definition) is 3. The van der Waals surface area contributed by atoms with E-state index in [0.29, 0.717) is 23.6 Å². The first kappa shape index (κ1) is 19.7. The van der Waals surface area contributed by atoms with Crippen molar-refractivity contribution in [3.63, 3.8) is 0 Å². The number of nitrogens with zero attached hydrogens (tertiary/aromatic N) is 1. The van der Waals surface area contributed by atoms with E-state index in [0.717, 1.165) is 12.2 Å². The predicted molar refractivity (Wildman–Crippen MR) is 106 cm³/mol. The van der Waals surface area contributed by atoms with Crippen LogP contribution in [0.3, 0.4) is 0 Å². The zero-order chi connectivity index (χ0) is 19.1. The van der Waals surface area contributed by atoms with E-state index >= 15 is 0 Å². The monoisotopic (exact) mass is 353 g/mol. The fourth-order valence-electron chi connectivity index (χ4n) is 2.45. The lowest BCUT2D eigenvalue weighted by molar-refractivity contribution is 0.0951. The molecule has 138 valence electrons. The third kappa shape index (κ3) is 5.70. The number of carbonyl (C=O) groups is 2. The highest BCUT2D eigenvalue weighted by atomic mass is 16.2. The molecule has 0 unspecified atom stereocenters. The highest BCUT2D eigenvalue weighted by Crippen LogP contribution is 2.18. The highest BCUT2D eigenvalue weighted by Gasteiger charge is 2.11. The standard InChI is InChI=1S/C21H27N3O2/c1-15(2)16-8-10-19(11-9-16)23-21(26)18-7-5-6-17(14-18)20(25)22-12-13-24(3)4/h5-11,14-15H,12-13H2,1-4H3,(H,22,25)(H,23,26). The number of carbonyl (C=O) groups excluding carboxylic acids is 2. The summed E-state index contributed by atoms with van der Waals surface area (Å²) in [6.07, 6.45) is 0. The molecule has 5 nitrogen and oxygen atoms in total. The lowest BCUT2D eigenvalue weighted by Gasteiger charge is -2.11. The molecule has 0 aromatic heterocycles. The number of anilines is 1. The first-order chi connectivity index (χ1) is 12.4. The van der Waals surface area contributed by atoms with Gasteiger partial charge in [-0.1, -0.05) is 32.0 Å². The van der Waals surface area contributed by atoms with E-state index in [1.165, 1.54) is 5.56 Å². The van der Waals surface area contributed by atoms with E-state index in [-0.39, 0.29) is 11.8 Å². The summed E-state index contributed by atoms with van der Waals surface area (Å²) < 4.78 is 0. The summed E-state index contributed by atoms with van der Waals surface area (Å²) in [7, 11) is 3.90. The molecule has 2 aromatic carbocycles. The molecule has 0 radical (unpaired) electrons. The summed E-state index contributed by atoms with van der Waals surface area (Å²) in [6.45, 7) is 5.58. The third-order valence-electron chi connectivity index (χ3n) is 4.07. The molecule has 5 heteroatoms. The fourth-order valence-corrected chi connectivity index (χ4v) is 2.45. The quantitative estimate of drug-likeness (QED) is 0.802. The fraction of sp³-hybridized carbons (Fsp3) is 0.333. The average Bonchev–Trinajstić information content (AvgIpc) is 2.62. The summed E-state index contributed by atoms with van der Waals surface area (Å²) >= 11 is 0. The van der Waals surface area contributed by atoms with Gasteiger partial charge >= 0.3 is 0 Å². The van der Waals surface area contributed by atoms with Crippen LogP contribution in [-0.4, -0.2) is 43.9 Å². The molecule has 26 heavy (non-hydrogen) atoms. The number of hydrogen-bond donors (Lipinski definition) is 2. The van der Waals surface area contributed by atoms with Crippen LogP contribution in [-0.2, 0) is 0 Å². The maximum Gasteiger partial charge on any atom is 0.255 e. The predicted octanol–water partition coefficient (Wildman–Crippen LogP) is 3.35. The van der Waals surface area contributed by atoms with Crippen LogP contribution < -0.4 is 10.6 Å². The summed E-state index contributed by atoms with van der Waals surface area (Å²) in [4.78, 5) is 26.7.